The summed E-state index contributed by atoms with van der Waals surface area (Å²) in [4.78, 5) is 6.63. The standard InChI is InChI=1S/C17H26N2O2/c1-20-10-5-16-11-17(21-13-16)6-2-9-19(14-17)12-15-3-7-18-8-4-15/h3-4,7-8,16H,2,5-6,9-14H2,1H3. The lowest BCUT2D eigenvalue weighted by Crippen LogP contribution is -2.47. The van der Waals surface area contributed by atoms with Crippen molar-refractivity contribution >= 4 is 0 Å². The predicted molar refractivity (Wildman–Crippen MR) is 82.0 cm³/mol. The summed E-state index contributed by atoms with van der Waals surface area (Å²) in [5.41, 5.74) is 1.44. The van der Waals surface area contributed by atoms with Crippen molar-refractivity contribution in [2.24, 2.45) is 5.92 Å². The van der Waals surface area contributed by atoms with E-state index >= 15 is 0 Å². The molecule has 2 atom stereocenters. The van der Waals surface area contributed by atoms with E-state index in [1.807, 2.05) is 12.4 Å². The number of rotatable bonds is 5. The number of ether oxygens (including phenoxy) is 2. The van der Waals surface area contributed by atoms with E-state index < -0.39 is 0 Å². The minimum atomic E-state index is 0.101. The molecule has 4 nitrogen and oxygen atoms in total. The Balaban J connectivity index is 1.56. The Hall–Kier alpha value is -0.970. The van der Waals surface area contributed by atoms with Gasteiger partial charge < -0.3 is 9.47 Å². The minimum Gasteiger partial charge on any atom is -0.385 e. The molecule has 0 aromatic carbocycles. The van der Waals surface area contributed by atoms with Crippen LogP contribution >= 0.6 is 0 Å². The van der Waals surface area contributed by atoms with Crippen molar-refractivity contribution < 1.29 is 9.47 Å². The number of pyridine rings is 1. The van der Waals surface area contributed by atoms with E-state index in [9.17, 15) is 0 Å². The van der Waals surface area contributed by atoms with Crippen molar-refractivity contribution in [3.05, 3.63) is 30.1 Å². The van der Waals surface area contributed by atoms with Gasteiger partial charge in [0.05, 0.1) is 12.2 Å². The smallest absolute Gasteiger partial charge is 0.0813 e. The highest BCUT2D eigenvalue weighted by Crippen LogP contribution is 2.38. The van der Waals surface area contributed by atoms with Gasteiger partial charge in [0.2, 0.25) is 0 Å². The van der Waals surface area contributed by atoms with Crippen molar-refractivity contribution in [3.63, 3.8) is 0 Å². The van der Waals surface area contributed by atoms with Gasteiger partial charge >= 0.3 is 0 Å². The Morgan fingerprint density at radius 2 is 2.29 bits per heavy atom. The van der Waals surface area contributed by atoms with E-state index in [0.29, 0.717) is 5.92 Å². The highest BCUT2D eigenvalue weighted by atomic mass is 16.5. The third kappa shape index (κ3) is 3.82. The van der Waals surface area contributed by atoms with Gasteiger partial charge in [-0.1, -0.05) is 0 Å². The van der Waals surface area contributed by atoms with Crippen molar-refractivity contribution in [1.29, 1.82) is 0 Å². The average Bonchev–Trinajstić information content (AvgIpc) is 2.89. The van der Waals surface area contributed by atoms with E-state index in [1.54, 1.807) is 7.11 Å². The molecule has 1 aromatic heterocycles. The molecule has 1 spiro atoms. The molecular formula is C17H26N2O2. The van der Waals surface area contributed by atoms with Crippen LogP contribution in [0.1, 0.15) is 31.2 Å². The van der Waals surface area contributed by atoms with Crippen LogP contribution in [-0.2, 0) is 16.0 Å². The van der Waals surface area contributed by atoms with Crippen LogP contribution < -0.4 is 0 Å². The SMILES string of the molecule is COCCC1COC2(CCCN(Cc3ccncc3)C2)C1. The normalized spacial score (nSPS) is 30.0. The summed E-state index contributed by atoms with van der Waals surface area (Å²) in [5, 5.41) is 0. The topological polar surface area (TPSA) is 34.6 Å². The van der Waals surface area contributed by atoms with Crippen molar-refractivity contribution in [3.8, 4) is 0 Å². The molecule has 1 aromatic rings. The first-order chi connectivity index (χ1) is 10.3. The zero-order valence-electron chi connectivity index (χ0n) is 13.0. The molecule has 2 aliphatic heterocycles. The zero-order chi connectivity index (χ0) is 14.5. The molecule has 116 valence electrons. The summed E-state index contributed by atoms with van der Waals surface area (Å²) >= 11 is 0. The molecule has 0 bridgehead atoms. The molecule has 4 heteroatoms. The number of likely N-dealkylation sites (tertiary alicyclic amines) is 1. The van der Waals surface area contributed by atoms with Crippen LogP contribution in [0.4, 0.5) is 0 Å². The molecule has 0 saturated carbocycles. The molecule has 21 heavy (non-hydrogen) atoms. The van der Waals surface area contributed by atoms with Crippen LogP contribution in [0.3, 0.4) is 0 Å². The zero-order valence-corrected chi connectivity index (χ0v) is 13.0. The van der Waals surface area contributed by atoms with Gasteiger partial charge in [-0.25, -0.2) is 0 Å². The van der Waals surface area contributed by atoms with E-state index in [4.69, 9.17) is 9.47 Å². The van der Waals surface area contributed by atoms with Crippen LogP contribution in [0.15, 0.2) is 24.5 Å². The average molecular weight is 290 g/mol. The third-order valence-corrected chi connectivity index (χ3v) is 4.79. The predicted octanol–water partition coefficient (Wildman–Crippen LogP) is 2.49. The van der Waals surface area contributed by atoms with Crippen LogP contribution in [0.25, 0.3) is 0 Å². The first kappa shape index (κ1) is 14.9. The van der Waals surface area contributed by atoms with Crippen LogP contribution in [0.5, 0.6) is 0 Å². The Morgan fingerprint density at radius 1 is 1.43 bits per heavy atom. The van der Waals surface area contributed by atoms with Gasteiger partial charge in [0.15, 0.2) is 0 Å². The largest absolute Gasteiger partial charge is 0.385 e. The fraction of sp³-hybridized carbons (Fsp3) is 0.706. The Labute approximate surface area is 127 Å². The second-order valence-electron chi connectivity index (χ2n) is 6.52. The van der Waals surface area contributed by atoms with Crippen molar-refractivity contribution in [2.75, 3.05) is 33.4 Å². The monoisotopic (exact) mass is 290 g/mol. The van der Waals surface area contributed by atoms with Gasteiger partial charge in [0, 0.05) is 39.2 Å². The molecular weight excluding hydrogens is 264 g/mol. The number of piperidine rings is 1. The van der Waals surface area contributed by atoms with Crippen molar-refractivity contribution in [1.82, 2.24) is 9.88 Å². The second-order valence-corrected chi connectivity index (χ2v) is 6.52. The van der Waals surface area contributed by atoms with E-state index in [0.717, 1.165) is 32.7 Å². The Bertz CT molecular complexity index is 440. The fourth-order valence-corrected chi connectivity index (χ4v) is 3.76. The fourth-order valence-electron chi connectivity index (χ4n) is 3.76. The molecule has 2 aliphatic rings. The second kappa shape index (κ2) is 6.86. The molecule has 2 saturated heterocycles. The van der Waals surface area contributed by atoms with Gasteiger partial charge in [-0.2, -0.15) is 0 Å². The highest BCUT2D eigenvalue weighted by molar-refractivity contribution is 5.10. The summed E-state index contributed by atoms with van der Waals surface area (Å²) in [7, 11) is 1.78. The lowest BCUT2D eigenvalue weighted by atomic mass is 9.85. The highest BCUT2D eigenvalue weighted by Gasteiger charge is 2.42. The molecule has 0 aliphatic carbocycles. The summed E-state index contributed by atoms with van der Waals surface area (Å²) in [6.45, 7) is 5.02. The molecule has 0 radical (unpaired) electrons. The van der Waals surface area contributed by atoms with E-state index in [-0.39, 0.29) is 5.60 Å². The maximum Gasteiger partial charge on any atom is 0.0813 e. The number of hydrogen-bond acceptors (Lipinski definition) is 4. The summed E-state index contributed by atoms with van der Waals surface area (Å²) in [6, 6.07) is 4.22. The summed E-state index contributed by atoms with van der Waals surface area (Å²) in [5.74, 6) is 0.672. The van der Waals surface area contributed by atoms with Crippen molar-refractivity contribution in [2.45, 2.75) is 37.8 Å². The number of nitrogens with zero attached hydrogens (tertiary/aromatic N) is 2. The molecule has 3 heterocycles. The third-order valence-electron chi connectivity index (χ3n) is 4.79. The lowest BCUT2D eigenvalue weighted by Gasteiger charge is -2.40. The van der Waals surface area contributed by atoms with Gasteiger partial charge in [0.1, 0.15) is 0 Å². The molecule has 0 N–H and O–H groups in total. The van der Waals surface area contributed by atoms with Gasteiger partial charge in [-0.3, -0.25) is 9.88 Å². The maximum atomic E-state index is 6.25. The number of hydrogen-bond donors (Lipinski definition) is 0. The Morgan fingerprint density at radius 3 is 3.10 bits per heavy atom. The molecule has 3 rings (SSSR count). The summed E-state index contributed by atoms with van der Waals surface area (Å²) in [6.07, 6.45) is 8.53. The number of methoxy groups -OCH3 is 1. The van der Waals surface area contributed by atoms with Crippen LogP contribution in [0, 0.1) is 5.92 Å². The van der Waals surface area contributed by atoms with Gasteiger partial charge in [-0.15, -0.1) is 0 Å². The molecule has 2 unspecified atom stereocenters. The van der Waals surface area contributed by atoms with Gasteiger partial charge in [-0.05, 0) is 55.8 Å². The minimum absolute atomic E-state index is 0.101. The maximum absolute atomic E-state index is 6.25. The van der Waals surface area contributed by atoms with E-state index in [1.165, 1.54) is 31.4 Å². The quantitative estimate of drug-likeness (QED) is 0.834. The summed E-state index contributed by atoms with van der Waals surface area (Å²) < 4.78 is 11.5. The molecule has 0 amide bonds. The Kier molecular flexibility index (Phi) is 4.88. The number of aromatic nitrogens is 1. The van der Waals surface area contributed by atoms with Crippen LogP contribution in [-0.4, -0.2) is 48.9 Å². The first-order valence-electron chi connectivity index (χ1n) is 8.04. The van der Waals surface area contributed by atoms with Crippen LogP contribution in [0.2, 0.25) is 0 Å². The lowest BCUT2D eigenvalue weighted by molar-refractivity contribution is -0.0535. The first-order valence-corrected chi connectivity index (χ1v) is 8.04. The van der Waals surface area contributed by atoms with Gasteiger partial charge in [0.25, 0.3) is 0 Å². The molecule has 2 fully saturated rings. The van der Waals surface area contributed by atoms with E-state index in [2.05, 4.69) is 22.0 Å².